The van der Waals surface area contributed by atoms with Gasteiger partial charge in [0.2, 0.25) is 17.6 Å². The normalized spacial score (nSPS) is 11.6. The lowest BCUT2D eigenvalue weighted by atomic mass is 10.2. The van der Waals surface area contributed by atoms with Gasteiger partial charge in [0.05, 0.1) is 4.88 Å². The van der Waals surface area contributed by atoms with Crippen LogP contribution in [0.4, 0.5) is 13.2 Å². The van der Waals surface area contributed by atoms with E-state index >= 15 is 0 Å². The maximum absolute atomic E-state index is 12.3. The van der Waals surface area contributed by atoms with Crippen LogP contribution in [0.1, 0.15) is 19.2 Å². The first kappa shape index (κ1) is 16.5. The third kappa shape index (κ3) is 4.55. The van der Waals surface area contributed by atoms with Gasteiger partial charge >= 0.3 is 6.18 Å². The Hall–Kier alpha value is -1.90. The Balaban J connectivity index is 1.90. The molecule has 1 amide bonds. The molecule has 2 aromatic heterocycles. The largest absolute Gasteiger partial charge is 0.406 e. The second-order valence-corrected chi connectivity index (χ2v) is 5.46. The number of amides is 1. The molecule has 0 aliphatic carbocycles. The van der Waals surface area contributed by atoms with E-state index in [0.29, 0.717) is 5.82 Å². The molecule has 0 N–H and O–H groups in total. The predicted molar refractivity (Wildman–Crippen MR) is 74.2 cm³/mol. The van der Waals surface area contributed by atoms with E-state index in [4.69, 9.17) is 4.52 Å². The molecule has 0 radical (unpaired) electrons. The molecular formula is C13H14F3N3O2S. The van der Waals surface area contributed by atoms with Gasteiger partial charge in [0.1, 0.15) is 6.54 Å². The van der Waals surface area contributed by atoms with Crippen LogP contribution >= 0.6 is 11.3 Å². The molecule has 120 valence electrons. The van der Waals surface area contributed by atoms with Crippen LogP contribution < -0.4 is 0 Å². The molecule has 0 atom stereocenters. The third-order valence-electron chi connectivity index (χ3n) is 2.87. The summed E-state index contributed by atoms with van der Waals surface area (Å²) in [4.78, 5) is 17.5. The van der Waals surface area contributed by atoms with Crippen molar-refractivity contribution in [1.82, 2.24) is 15.0 Å². The summed E-state index contributed by atoms with van der Waals surface area (Å²) in [6, 6.07) is 3.67. The van der Waals surface area contributed by atoms with Crippen LogP contribution in [-0.2, 0) is 11.2 Å². The lowest BCUT2D eigenvalue weighted by Gasteiger charge is -2.21. The first-order valence-corrected chi connectivity index (χ1v) is 7.48. The fourth-order valence-electron chi connectivity index (χ4n) is 1.83. The lowest BCUT2D eigenvalue weighted by Crippen LogP contribution is -2.38. The summed E-state index contributed by atoms with van der Waals surface area (Å²) in [6.45, 7) is 0.264. The van der Waals surface area contributed by atoms with E-state index in [0.717, 1.165) is 9.78 Å². The minimum Gasteiger partial charge on any atom is -0.339 e. The lowest BCUT2D eigenvalue weighted by molar-refractivity contribution is -0.160. The number of nitrogens with zero attached hydrogens (tertiary/aromatic N) is 3. The van der Waals surface area contributed by atoms with Gasteiger partial charge in [-0.3, -0.25) is 4.79 Å². The summed E-state index contributed by atoms with van der Waals surface area (Å²) in [5, 5.41) is 5.65. The number of hydrogen-bond acceptors (Lipinski definition) is 5. The molecule has 0 fully saturated rings. The van der Waals surface area contributed by atoms with E-state index in [1.54, 1.807) is 0 Å². The van der Waals surface area contributed by atoms with Crippen molar-refractivity contribution in [3.8, 4) is 10.7 Å². The average molecular weight is 333 g/mol. The summed E-state index contributed by atoms with van der Waals surface area (Å²) in [7, 11) is 0. The average Bonchev–Trinajstić information content (AvgIpc) is 3.11. The topological polar surface area (TPSA) is 59.2 Å². The fourth-order valence-corrected chi connectivity index (χ4v) is 2.48. The van der Waals surface area contributed by atoms with Gasteiger partial charge in [0.15, 0.2) is 0 Å². The van der Waals surface area contributed by atoms with Crippen molar-refractivity contribution in [2.45, 2.75) is 25.9 Å². The van der Waals surface area contributed by atoms with Gasteiger partial charge in [-0.15, -0.1) is 11.3 Å². The maximum atomic E-state index is 12.3. The molecule has 0 aliphatic rings. The zero-order valence-corrected chi connectivity index (χ0v) is 12.6. The molecule has 0 saturated carbocycles. The van der Waals surface area contributed by atoms with Gasteiger partial charge in [0, 0.05) is 19.4 Å². The first-order chi connectivity index (χ1) is 10.4. The third-order valence-corrected chi connectivity index (χ3v) is 3.73. The van der Waals surface area contributed by atoms with Gasteiger partial charge in [-0.25, -0.2) is 0 Å². The smallest absolute Gasteiger partial charge is 0.339 e. The first-order valence-electron chi connectivity index (χ1n) is 6.60. The molecule has 22 heavy (non-hydrogen) atoms. The SMILES string of the molecule is CCN(CC(F)(F)F)C(=O)CCc1nc(-c2cccs2)no1. The van der Waals surface area contributed by atoms with Crippen molar-refractivity contribution in [3.63, 3.8) is 0 Å². The summed E-state index contributed by atoms with van der Waals surface area (Å²) < 4.78 is 42.0. The monoisotopic (exact) mass is 333 g/mol. The van der Waals surface area contributed by atoms with Crippen LogP contribution in [0.3, 0.4) is 0 Å². The number of halogens is 3. The van der Waals surface area contributed by atoms with Crippen molar-refractivity contribution in [2.24, 2.45) is 0 Å². The van der Waals surface area contributed by atoms with E-state index in [-0.39, 0.29) is 25.3 Å². The summed E-state index contributed by atoms with van der Waals surface area (Å²) in [5.74, 6) is 0.0654. The van der Waals surface area contributed by atoms with Crippen molar-refractivity contribution in [1.29, 1.82) is 0 Å². The number of carbonyl (C=O) groups excluding carboxylic acids is 1. The van der Waals surface area contributed by atoms with Crippen molar-refractivity contribution in [3.05, 3.63) is 23.4 Å². The quantitative estimate of drug-likeness (QED) is 0.815. The molecule has 0 aromatic carbocycles. The number of rotatable bonds is 6. The Bertz CT molecular complexity index is 610. The summed E-state index contributed by atoms with van der Waals surface area (Å²) in [6.07, 6.45) is -4.38. The Morgan fingerprint density at radius 1 is 1.45 bits per heavy atom. The second kappa shape index (κ2) is 6.91. The van der Waals surface area contributed by atoms with Gasteiger partial charge < -0.3 is 9.42 Å². The van der Waals surface area contributed by atoms with Crippen LogP contribution in [0.2, 0.25) is 0 Å². The van der Waals surface area contributed by atoms with E-state index in [9.17, 15) is 18.0 Å². The van der Waals surface area contributed by atoms with Crippen LogP contribution in [0.25, 0.3) is 10.7 Å². The highest BCUT2D eigenvalue weighted by molar-refractivity contribution is 7.13. The van der Waals surface area contributed by atoms with Crippen LogP contribution in [0, 0.1) is 0 Å². The van der Waals surface area contributed by atoms with Gasteiger partial charge in [-0.05, 0) is 18.4 Å². The Labute approximate surface area is 128 Å². The molecule has 2 aromatic rings. The second-order valence-electron chi connectivity index (χ2n) is 4.51. The Morgan fingerprint density at radius 3 is 2.82 bits per heavy atom. The highest BCUT2D eigenvalue weighted by atomic mass is 32.1. The van der Waals surface area contributed by atoms with Gasteiger partial charge in [0.25, 0.3) is 0 Å². The molecule has 5 nitrogen and oxygen atoms in total. The van der Waals surface area contributed by atoms with Crippen LogP contribution in [0.15, 0.2) is 22.0 Å². The minimum atomic E-state index is -4.40. The molecular weight excluding hydrogens is 319 g/mol. The predicted octanol–water partition coefficient (Wildman–Crippen LogP) is 3.14. The van der Waals surface area contributed by atoms with E-state index < -0.39 is 18.6 Å². The zero-order valence-electron chi connectivity index (χ0n) is 11.8. The van der Waals surface area contributed by atoms with Crippen LogP contribution in [-0.4, -0.2) is 40.2 Å². The highest BCUT2D eigenvalue weighted by Gasteiger charge is 2.32. The van der Waals surface area contributed by atoms with Crippen molar-refractivity contribution < 1.29 is 22.5 Å². The number of hydrogen-bond donors (Lipinski definition) is 0. The standard InChI is InChI=1S/C13H14F3N3O2S/c1-2-19(8-13(14,15)16)11(20)6-5-10-17-12(18-21-10)9-4-3-7-22-9/h3-4,7H,2,5-6,8H2,1H3. The van der Waals surface area contributed by atoms with E-state index in [2.05, 4.69) is 10.1 Å². The molecule has 2 rings (SSSR count). The number of carbonyl (C=O) groups is 1. The Morgan fingerprint density at radius 2 is 2.23 bits per heavy atom. The number of aryl methyl sites for hydroxylation is 1. The molecule has 2 heterocycles. The highest BCUT2D eigenvalue weighted by Crippen LogP contribution is 2.22. The molecule has 0 aliphatic heterocycles. The molecule has 9 heteroatoms. The van der Waals surface area contributed by atoms with Crippen LogP contribution in [0.5, 0.6) is 0 Å². The number of thiophene rings is 1. The number of aromatic nitrogens is 2. The fraction of sp³-hybridized carbons (Fsp3) is 0.462. The summed E-state index contributed by atoms with van der Waals surface area (Å²) >= 11 is 1.44. The maximum Gasteiger partial charge on any atom is 0.406 e. The van der Waals surface area contributed by atoms with E-state index in [1.165, 1.54) is 18.3 Å². The zero-order chi connectivity index (χ0) is 16.2. The van der Waals surface area contributed by atoms with E-state index in [1.807, 2.05) is 17.5 Å². The molecule has 0 bridgehead atoms. The van der Waals surface area contributed by atoms with Crippen molar-refractivity contribution in [2.75, 3.05) is 13.1 Å². The molecule has 0 unspecified atom stereocenters. The van der Waals surface area contributed by atoms with Gasteiger partial charge in [-0.1, -0.05) is 11.2 Å². The molecule has 0 spiro atoms. The van der Waals surface area contributed by atoms with Crippen molar-refractivity contribution >= 4 is 17.2 Å². The Kier molecular flexibility index (Phi) is 5.17. The minimum absolute atomic E-state index is 0.00260. The number of alkyl halides is 3. The van der Waals surface area contributed by atoms with Gasteiger partial charge in [-0.2, -0.15) is 18.2 Å². The molecule has 0 saturated heterocycles. The summed E-state index contributed by atoms with van der Waals surface area (Å²) in [5.41, 5.74) is 0.